The minimum absolute atomic E-state index is 0.187. The van der Waals surface area contributed by atoms with Crippen molar-refractivity contribution in [3.8, 4) is 5.75 Å². The SMILES string of the molecule is CC(CN1C[C@@H](CCCc2ccc(F)cc2)[C@@H](CO)C1)c1ccc(O)cc1. The van der Waals surface area contributed by atoms with E-state index >= 15 is 0 Å². The molecule has 2 aromatic carbocycles. The summed E-state index contributed by atoms with van der Waals surface area (Å²) in [6.45, 7) is 5.39. The van der Waals surface area contributed by atoms with Crippen LogP contribution in [-0.2, 0) is 6.42 Å². The number of hydrogen-bond donors (Lipinski definition) is 2. The first-order valence-electron chi connectivity index (χ1n) is 9.91. The zero-order chi connectivity index (χ0) is 19.2. The lowest BCUT2D eigenvalue weighted by Crippen LogP contribution is -2.26. The molecule has 0 aromatic heterocycles. The molecule has 1 aliphatic heterocycles. The predicted molar refractivity (Wildman–Crippen MR) is 106 cm³/mol. The molecule has 0 amide bonds. The number of aryl methyl sites for hydroxylation is 1. The van der Waals surface area contributed by atoms with Gasteiger partial charge in [0.2, 0.25) is 0 Å². The van der Waals surface area contributed by atoms with Gasteiger partial charge in [-0.3, -0.25) is 0 Å². The van der Waals surface area contributed by atoms with Crippen molar-refractivity contribution in [1.82, 2.24) is 4.90 Å². The zero-order valence-electron chi connectivity index (χ0n) is 16.0. The summed E-state index contributed by atoms with van der Waals surface area (Å²) >= 11 is 0. The van der Waals surface area contributed by atoms with Crippen LogP contribution in [0, 0.1) is 17.7 Å². The monoisotopic (exact) mass is 371 g/mol. The third kappa shape index (κ3) is 5.53. The van der Waals surface area contributed by atoms with Crippen LogP contribution in [0.3, 0.4) is 0 Å². The van der Waals surface area contributed by atoms with Gasteiger partial charge in [-0.2, -0.15) is 0 Å². The van der Waals surface area contributed by atoms with Crippen molar-refractivity contribution in [2.24, 2.45) is 11.8 Å². The molecule has 3 atom stereocenters. The lowest BCUT2D eigenvalue weighted by atomic mass is 9.91. The van der Waals surface area contributed by atoms with Gasteiger partial charge in [0.1, 0.15) is 11.6 Å². The molecular weight excluding hydrogens is 341 g/mol. The van der Waals surface area contributed by atoms with Crippen LogP contribution in [-0.4, -0.2) is 41.4 Å². The number of aromatic hydroxyl groups is 1. The summed E-state index contributed by atoms with van der Waals surface area (Å²) in [5.74, 6) is 1.36. The Labute approximate surface area is 161 Å². The average molecular weight is 371 g/mol. The molecule has 0 aliphatic carbocycles. The van der Waals surface area contributed by atoms with Crippen molar-refractivity contribution in [3.63, 3.8) is 0 Å². The molecule has 1 aliphatic rings. The topological polar surface area (TPSA) is 43.7 Å². The molecule has 4 heteroatoms. The predicted octanol–water partition coefficient (Wildman–Crippen LogP) is 4.20. The van der Waals surface area contributed by atoms with Gasteiger partial charge in [0.25, 0.3) is 0 Å². The van der Waals surface area contributed by atoms with E-state index in [2.05, 4.69) is 11.8 Å². The van der Waals surface area contributed by atoms with Crippen LogP contribution in [0.1, 0.15) is 36.8 Å². The zero-order valence-corrected chi connectivity index (χ0v) is 16.0. The number of rotatable bonds is 8. The first kappa shape index (κ1) is 19.8. The Hall–Kier alpha value is -1.91. The van der Waals surface area contributed by atoms with Gasteiger partial charge in [-0.1, -0.05) is 31.2 Å². The van der Waals surface area contributed by atoms with Crippen LogP contribution in [0.25, 0.3) is 0 Å². The van der Waals surface area contributed by atoms with Crippen molar-refractivity contribution < 1.29 is 14.6 Å². The van der Waals surface area contributed by atoms with E-state index in [4.69, 9.17) is 0 Å². The molecule has 146 valence electrons. The van der Waals surface area contributed by atoms with E-state index in [9.17, 15) is 14.6 Å². The minimum atomic E-state index is -0.187. The van der Waals surface area contributed by atoms with Gasteiger partial charge in [-0.05, 0) is 72.4 Å². The number of benzene rings is 2. The maximum atomic E-state index is 13.0. The molecule has 1 unspecified atom stereocenters. The van der Waals surface area contributed by atoms with E-state index in [-0.39, 0.29) is 12.4 Å². The normalized spacial score (nSPS) is 21.4. The maximum absolute atomic E-state index is 13.0. The van der Waals surface area contributed by atoms with Crippen molar-refractivity contribution >= 4 is 0 Å². The number of aliphatic hydroxyl groups is 1. The van der Waals surface area contributed by atoms with Crippen LogP contribution >= 0.6 is 0 Å². The second-order valence-corrected chi connectivity index (χ2v) is 7.93. The molecule has 1 fully saturated rings. The quantitative estimate of drug-likeness (QED) is 0.731. The number of likely N-dealkylation sites (tertiary alicyclic amines) is 1. The van der Waals surface area contributed by atoms with Gasteiger partial charge < -0.3 is 15.1 Å². The summed E-state index contributed by atoms with van der Waals surface area (Å²) in [6.07, 6.45) is 3.11. The Bertz CT molecular complexity index is 701. The molecule has 0 spiro atoms. The molecule has 1 heterocycles. The highest BCUT2D eigenvalue weighted by Gasteiger charge is 2.32. The van der Waals surface area contributed by atoms with E-state index < -0.39 is 0 Å². The maximum Gasteiger partial charge on any atom is 0.123 e. The Morgan fingerprint density at radius 3 is 2.37 bits per heavy atom. The Balaban J connectivity index is 1.48. The fourth-order valence-electron chi connectivity index (χ4n) is 4.23. The number of phenols is 1. The highest BCUT2D eigenvalue weighted by Crippen LogP contribution is 2.30. The Morgan fingerprint density at radius 1 is 1.04 bits per heavy atom. The fraction of sp³-hybridized carbons (Fsp3) is 0.478. The first-order valence-corrected chi connectivity index (χ1v) is 9.91. The average Bonchev–Trinajstić information content (AvgIpc) is 3.05. The molecule has 2 aromatic rings. The van der Waals surface area contributed by atoms with E-state index in [1.807, 2.05) is 24.3 Å². The molecule has 1 saturated heterocycles. The van der Waals surface area contributed by atoms with E-state index in [1.54, 1.807) is 12.1 Å². The third-order valence-electron chi connectivity index (χ3n) is 5.83. The summed E-state index contributed by atoms with van der Waals surface area (Å²) < 4.78 is 13.0. The summed E-state index contributed by atoms with van der Waals surface area (Å²) in [5, 5.41) is 19.2. The third-order valence-corrected chi connectivity index (χ3v) is 5.83. The molecular formula is C23H30FNO2. The number of hydrogen-bond acceptors (Lipinski definition) is 3. The van der Waals surface area contributed by atoms with Crippen molar-refractivity contribution in [2.45, 2.75) is 32.1 Å². The van der Waals surface area contributed by atoms with E-state index in [0.717, 1.165) is 38.9 Å². The van der Waals surface area contributed by atoms with Crippen LogP contribution in [0.2, 0.25) is 0 Å². The minimum Gasteiger partial charge on any atom is -0.508 e. The van der Waals surface area contributed by atoms with Crippen LogP contribution < -0.4 is 0 Å². The van der Waals surface area contributed by atoms with Crippen molar-refractivity contribution in [1.29, 1.82) is 0 Å². The lowest BCUT2D eigenvalue weighted by Gasteiger charge is -2.21. The molecule has 0 bridgehead atoms. The van der Waals surface area contributed by atoms with E-state index in [1.165, 1.54) is 23.3 Å². The summed E-state index contributed by atoms with van der Waals surface area (Å²) in [6, 6.07) is 14.2. The Morgan fingerprint density at radius 2 is 1.70 bits per heavy atom. The van der Waals surface area contributed by atoms with Crippen LogP contribution in [0.15, 0.2) is 48.5 Å². The molecule has 0 saturated carbocycles. The highest BCUT2D eigenvalue weighted by molar-refractivity contribution is 5.28. The van der Waals surface area contributed by atoms with Gasteiger partial charge in [0.05, 0.1) is 0 Å². The number of phenolic OH excluding ortho intramolecular Hbond substituents is 1. The summed E-state index contributed by atoms with van der Waals surface area (Å²) in [4.78, 5) is 2.46. The second kappa shape index (κ2) is 9.34. The highest BCUT2D eigenvalue weighted by atomic mass is 19.1. The molecule has 3 rings (SSSR count). The van der Waals surface area contributed by atoms with Crippen LogP contribution in [0.4, 0.5) is 4.39 Å². The van der Waals surface area contributed by atoms with Crippen molar-refractivity contribution in [2.75, 3.05) is 26.2 Å². The Kier molecular flexibility index (Phi) is 6.86. The summed E-state index contributed by atoms with van der Waals surface area (Å²) in [5.41, 5.74) is 2.40. The first-order chi connectivity index (χ1) is 13.0. The number of aliphatic hydroxyl groups excluding tert-OH is 1. The van der Waals surface area contributed by atoms with Gasteiger partial charge in [0.15, 0.2) is 0 Å². The molecule has 3 nitrogen and oxygen atoms in total. The largest absolute Gasteiger partial charge is 0.508 e. The van der Waals surface area contributed by atoms with Crippen molar-refractivity contribution in [3.05, 3.63) is 65.5 Å². The summed E-state index contributed by atoms with van der Waals surface area (Å²) in [7, 11) is 0. The molecule has 27 heavy (non-hydrogen) atoms. The standard InChI is InChI=1S/C23H30FNO2/c1-17(19-7-11-23(27)12-8-19)13-25-14-20(21(15-25)16-26)4-2-3-18-5-9-22(24)10-6-18/h5-12,17,20-21,26-27H,2-4,13-16H2,1H3/t17?,20-,21-/m1/s1. The van der Waals surface area contributed by atoms with Gasteiger partial charge in [0, 0.05) is 26.2 Å². The molecule has 0 radical (unpaired) electrons. The number of halogens is 1. The molecule has 2 N–H and O–H groups in total. The second-order valence-electron chi connectivity index (χ2n) is 7.93. The van der Waals surface area contributed by atoms with Crippen LogP contribution in [0.5, 0.6) is 5.75 Å². The number of nitrogens with zero attached hydrogens (tertiary/aromatic N) is 1. The lowest BCUT2D eigenvalue weighted by molar-refractivity contribution is 0.195. The van der Waals surface area contributed by atoms with Gasteiger partial charge >= 0.3 is 0 Å². The smallest absolute Gasteiger partial charge is 0.123 e. The fourth-order valence-corrected chi connectivity index (χ4v) is 4.23. The van der Waals surface area contributed by atoms with Gasteiger partial charge in [-0.25, -0.2) is 4.39 Å². The van der Waals surface area contributed by atoms with E-state index in [0.29, 0.717) is 23.5 Å². The van der Waals surface area contributed by atoms with Gasteiger partial charge in [-0.15, -0.1) is 0 Å².